The SMILES string of the molecule is Cc1cccc(-c2nn(Cc3ccccc3)cc2/C=N\NC(N)=O)c1. The van der Waals surface area contributed by atoms with Gasteiger partial charge >= 0.3 is 6.03 Å². The Hall–Kier alpha value is -3.41. The number of rotatable bonds is 5. The first-order valence-electron chi connectivity index (χ1n) is 7.89. The van der Waals surface area contributed by atoms with E-state index in [9.17, 15) is 4.79 Å². The van der Waals surface area contributed by atoms with Gasteiger partial charge in [0.05, 0.1) is 12.8 Å². The summed E-state index contributed by atoms with van der Waals surface area (Å²) in [5, 5.41) is 8.56. The van der Waals surface area contributed by atoms with Crippen molar-refractivity contribution in [2.24, 2.45) is 10.8 Å². The van der Waals surface area contributed by atoms with E-state index >= 15 is 0 Å². The lowest BCUT2D eigenvalue weighted by molar-refractivity contribution is 0.249. The van der Waals surface area contributed by atoms with Crippen molar-refractivity contribution in [2.45, 2.75) is 13.5 Å². The molecule has 6 nitrogen and oxygen atoms in total. The number of carbonyl (C=O) groups excluding carboxylic acids is 1. The van der Waals surface area contributed by atoms with Gasteiger partial charge in [0.1, 0.15) is 5.69 Å². The molecule has 0 fully saturated rings. The minimum Gasteiger partial charge on any atom is -0.350 e. The fourth-order valence-corrected chi connectivity index (χ4v) is 2.56. The van der Waals surface area contributed by atoms with Crippen molar-refractivity contribution in [2.75, 3.05) is 0 Å². The molecule has 6 heteroatoms. The zero-order valence-corrected chi connectivity index (χ0v) is 13.9. The minimum atomic E-state index is -0.704. The molecule has 126 valence electrons. The first-order valence-corrected chi connectivity index (χ1v) is 7.89. The fraction of sp³-hybridized carbons (Fsp3) is 0.105. The smallest absolute Gasteiger partial charge is 0.332 e. The molecule has 0 aliphatic rings. The van der Waals surface area contributed by atoms with Crippen molar-refractivity contribution in [3.8, 4) is 11.3 Å². The number of aromatic nitrogens is 2. The molecule has 2 amide bonds. The number of hydrogen-bond acceptors (Lipinski definition) is 3. The molecule has 0 unspecified atom stereocenters. The summed E-state index contributed by atoms with van der Waals surface area (Å²) in [6, 6.07) is 17.5. The zero-order chi connectivity index (χ0) is 17.6. The predicted octanol–water partition coefficient (Wildman–Crippen LogP) is 2.91. The summed E-state index contributed by atoms with van der Waals surface area (Å²) in [7, 11) is 0. The third kappa shape index (κ3) is 4.32. The lowest BCUT2D eigenvalue weighted by atomic mass is 10.1. The second-order valence-corrected chi connectivity index (χ2v) is 5.72. The first kappa shape index (κ1) is 16.4. The number of carbonyl (C=O) groups is 1. The maximum atomic E-state index is 10.8. The van der Waals surface area contributed by atoms with Gasteiger partial charge in [-0.2, -0.15) is 10.2 Å². The van der Waals surface area contributed by atoms with Crippen LogP contribution in [0.2, 0.25) is 0 Å². The number of urea groups is 1. The van der Waals surface area contributed by atoms with E-state index in [0.717, 1.165) is 27.9 Å². The van der Waals surface area contributed by atoms with Gasteiger partial charge in [-0.05, 0) is 18.6 Å². The summed E-state index contributed by atoms with van der Waals surface area (Å²) in [6.45, 7) is 2.68. The van der Waals surface area contributed by atoms with E-state index in [-0.39, 0.29) is 0 Å². The van der Waals surface area contributed by atoms with E-state index in [1.165, 1.54) is 0 Å². The van der Waals surface area contributed by atoms with Crippen molar-refractivity contribution >= 4 is 12.2 Å². The third-order valence-corrected chi connectivity index (χ3v) is 3.65. The van der Waals surface area contributed by atoms with Crippen molar-refractivity contribution in [1.29, 1.82) is 0 Å². The molecular weight excluding hydrogens is 314 g/mol. The Morgan fingerprint density at radius 2 is 2.04 bits per heavy atom. The van der Waals surface area contributed by atoms with Crippen LogP contribution < -0.4 is 11.2 Å². The summed E-state index contributed by atoms with van der Waals surface area (Å²) in [5.41, 5.74) is 12.2. The van der Waals surface area contributed by atoms with Gasteiger partial charge in [-0.3, -0.25) is 4.68 Å². The Balaban J connectivity index is 1.96. The molecule has 2 aromatic carbocycles. The number of hydrogen-bond donors (Lipinski definition) is 2. The van der Waals surface area contributed by atoms with Crippen LogP contribution >= 0.6 is 0 Å². The molecule has 3 rings (SSSR count). The van der Waals surface area contributed by atoms with Gasteiger partial charge < -0.3 is 5.73 Å². The van der Waals surface area contributed by atoms with Crippen LogP contribution in [-0.2, 0) is 6.54 Å². The number of benzene rings is 2. The zero-order valence-electron chi connectivity index (χ0n) is 13.9. The van der Waals surface area contributed by atoms with E-state index in [1.54, 1.807) is 6.21 Å². The van der Waals surface area contributed by atoms with E-state index in [0.29, 0.717) is 6.54 Å². The number of nitrogens with one attached hydrogen (secondary N) is 1. The summed E-state index contributed by atoms with van der Waals surface area (Å²) < 4.78 is 1.86. The molecule has 0 atom stereocenters. The molecule has 3 N–H and O–H groups in total. The minimum absolute atomic E-state index is 0.650. The largest absolute Gasteiger partial charge is 0.350 e. The molecule has 1 aromatic heterocycles. The third-order valence-electron chi connectivity index (χ3n) is 3.65. The second kappa shape index (κ2) is 7.44. The highest BCUT2D eigenvalue weighted by molar-refractivity contribution is 5.89. The van der Waals surface area contributed by atoms with Crippen LogP contribution in [0.25, 0.3) is 11.3 Å². The Labute approximate surface area is 146 Å². The number of aryl methyl sites for hydroxylation is 1. The highest BCUT2D eigenvalue weighted by atomic mass is 16.2. The molecular formula is C19H19N5O. The summed E-state index contributed by atoms with van der Waals surface area (Å²) in [5.74, 6) is 0. The number of nitrogens with zero attached hydrogens (tertiary/aromatic N) is 3. The van der Waals surface area contributed by atoms with Crippen LogP contribution in [0.4, 0.5) is 4.79 Å². The molecule has 25 heavy (non-hydrogen) atoms. The van der Waals surface area contributed by atoms with E-state index in [4.69, 9.17) is 10.8 Å². The maximum absolute atomic E-state index is 10.8. The van der Waals surface area contributed by atoms with Gasteiger partial charge in [0, 0.05) is 17.3 Å². The monoisotopic (exact) mass is 333 g/mol. The highest BCUT2D eigenvalue weighted by Gasteiger charge is 2.10. The normalized spacial score (nSPS) is 10.9. The van der Waals surface area contributed by atoms with Crippen LogP contribution in [0, 0.1) is 6.92 Å². The van der Waals surface area contributed by atoms with Gasteiger partial charge in [-0.1, -0.05) is 54.1 Å². The van der Waals surface area contributed by atoms with Crippen molar-refractivity contribution in [1.82, 2.24) is 15.2 Å². The van der Waals surface area contributed by atoms with Crippen LogP contribution in [0.3, 0.4) is 0 Å². The molecule has 0 aliphatic carbocycles. The van der Waals surface area contributed by atoms with Gasteiger partial charge in [0.15, 0.2) is 0 Å². The lowest BCUT2D eigenvalue weighted by Gasteiger charge is -2.02. The number of hydrazone groups is 1. The molecule has 0 saturated carbocycles. The Morgan fingerprint density at radius 1 is 1.24 bits per heavy atom. The molecule has 0 saturated heterocycles. The number of amides is 2. The Morgan fingerprint density at radius 3 is 2.76 bits per heavy atom. The van der Waals surface area contributed by atoms with E-state index < -0.39 is 6.03 Å². The highest BCUT2D eigenvalue weighted by Crippen LogP contribution is 2.22. The molecule has 0 bridgehead atoms. The summed E-state index contributed by atoms with van der Waals surface area (Å²) in [4.78, 5) is 10.8. The summed E-state index contributed by atoms with van der Waals surface area (Å²) >= 11 is 0. The Kier molecular flexibility index (Phi) is 4.89. The molecule has 3 aromatic rings. The lowest BCUT2D eigenvalue weighted by Crippen LogP contribution is -2.24. The van der Waals surface area contributed by atoms with Crippen molar-refractivity contribution < 1.29 is 4.79 Å². The predicted molar refractivity (Wildman–Crippen MR) is 98.3 cm³/mol. The van der Waals surface area contributed by atoms with Crippen molar-refractivity contribution in [3.05, 3.63) is 77.5 Å². The van der Waals surface area contributed by atoms with Crippen LogP contribution in [0.5, 0.6) is 0 Å². The van der Waals surface area contributed by atoms with Crippen LogP contribution in [-0.4, -0.2) is 22.0 Å². The number of primary amides is 1. The van der Waals surface area contributed by atoms with Crippen molar-refractivity contribution in [3.63, 3.8) is 0 Å². The van der Waals surface area contributed by atoms with E-state index in [2.05, 4.69) is 28.7 Å². The average Bonchev–Trinajstić information content (AvgIpc) is 2.98. The van der Waals surface area contributed by atoms with Gasteiger partial charge in [0.25, 0.3) is 0 Å². The maximum Gasteiger partial charge on any atom is 0.332 e. The van der Waals surface area contributed by atoms with Crippen LogP contribution in [0.1, 0.15) is 16.7 Å². The molecule has 0 aliphatic heterocycles. The topological polar surface area (TPSA) is 85.3 Å². The standard InChI is InChI=1S/C19H19N5O/c1-14-6-5-9-16(10-14)18-17(11-21-22-19(20)25)13-24(23-18)12-15-7-3-2-4-8-15/h2-11,13H,12H2,1H3,(H3,20,22,25)/b21-11-. The second-order valence-electron chi connectivity index (χ2n) is 5.72. The van der Waals surface area contributed by atoms with Gasteiger partial charge in [0.2, 0.25) is 0 Å². The average molecular weight is 333 g/mol. The fourth-order valence-electron chi connectivity index (χ4n) is 2.56. The van der Waals surface area contributed by atoms with Gasteiger partial charge in [-0.15, -0.1) is 0 Å². The van der Waals surface area contributed by atoms with E-state index in [1.807, 2.05) is 54.2 Å². The van der Waals surface area contributed by atoms with Gasteiger partial charge in [-0.25, -0.2) is 10.2 Å². The Bertz CT molecular complexity index is 899. The molecule has 0 spiro atoms. The summed E-state index contributed by atoms with van der Waals surface area (Å²) in [6.07, 6.45) is 3.45. The first-order chi connectivity index (χ1) is 12.1. The molecule has 0 radical (unpaired) electrons. The quantitative estimate of drug-likeness (QED) is 0.556. The van der Waals surface area contributed by atoms with Crippen LogP contribution in [0.15, 0.2) is 65.9 Å². The molecule has 1 heterocycles. The number of nitrogens with two attached hydrogens (primary N) is 1.